The van der Waals surface area contributed by atoms with E-state index in [2.05, 4.69) is 21.4 Å². The summed E-state index contributed by atoms with van der Waals surface area (Å²) < 4.78 is 11.6. The van der Waals surface area contributed by atoms with Crippen LogP contribution in [0.1, 0.15) is 48.3 Å². The van der Waals surface area contributed by atoms with Gasteiger partial charge in [0.05, 0.1) is 5.69 Å². The lowest BCUT2D eigenvalue weighted by Crippen LogP contribution is -2.32. The number of hydrogen-bond acceptors (Lipinski definition) is 5. The first kappa shape index (κ1) is 23.1. The molecule has 0 spiro atoms. The van der Waals surface area contributed by atoms with Crippen molar-refractivity contribution in [2.24, 2.45) is 0 Å². The normalized spacial score (nSPS) is 14.3. The summed E-state index contributed by atoms with van der Waals surface area (Å²) in [5.74, 6) is 2.36. The molecule has 1 aliphatic heterocycles. The molecule has 6 heteroatoms. The van der Waals surface area contributed by atoms with Crippen LogP contribution in [-0.2, 0) is 4.79 Å². The second kappa shape index (κ2) is 10.2. The zero-order valence-corrected chi connectivity index (χ0v) is 20.0. The van der Waals surface area contributed by atoms with Gasteiger partial charge < -0.3 is 19.5 Å². The Labute approximate surface area is 195 Å². The number of rotatable bonds is 7. The van der Waals surface area contributed by atoms with Gasteiger partial charge in [-0.2, -0.15) is 0 Å². The Morgan fingerprint density at radius 1 is 1.06 bits per heavy atom. The second-order valence-corrected chi connectivity index (χ2v) is 9.02. The number of carbonyl (C=O) groups excluding carboxylic acids is 1. The van der Waals surface area contributed by atoms with Crippen LogP contribution in [-0.4, -0.2) is 35.6 Å². The van der Waals surface area contributed by atoms with Crippen molar-refractivity contribution in [3.8, 4) is 22.6 Å². The van der Waals surface area contributed by atoms with Crippen molar-refractivity contribution in [3.05, 3.63) is 59.0 Å². The van der Waals surface area contributed by atoms with E-state index >= 15 is 0 Å². The molecule has 0 radical (unpaired) electrons. The number of aromatic nitrogens is 1. The van der Waals surface area contributed by atoms with Gasteiger partial charge >= 0.3 is 0 Å². The average Bonchev–Trinajstić information content (AvgIpc) is 3.12. The Morgan fingerprint density at radius 2 is 1.85 bits per heavy atom. The number of amides is 1. The van der Waals surface area contributed by atoms with Crippen LogP contribution in [0.3, 0.4) is 0 Å². The van der Waals surface area contributed by atoms with Crippen LogP contribution in [0.5, 0.6) is 11.5 Å². The highest BCUT2D eigenvalue weighted by Gasteiger charge is 2.15. The number of hydrogen-bond donors (Lipinski definition) is 1. The predicted octanol–water partition coefficient (Wildman–Crippen LogP) is 6.18. The molecule has 1 N–H and O–H groups in total. The molecule has 1 saturated heterocycles. The summed E-state index contributed by atoms with van der Waals surface area (Å²) in [6.45, 7) is 10.9. The quantitative estimate of drug-likeness (QED) is 0.468. The standard InChI is InChI=1S/C27H33N3O3/c1-18-14-22(27-20(3)29-33-21(27)4)17-24(15-18)32-25-9-8-23(16-19(25)2)28-26(31)10-13-30-11-6-5-7-12-30/h8-9,14-17H,5-7,10-13H2,1-4H3,(H,28,31). The highest BCUT2D eigenvalue weighted by atomic mass is 16.5. The van der Waals surface area contributed by atoms with Crippen LogP contribution in [0.25, 0.3) is 11.1 Å². The van der Waals surface area contributed by atoms with Gasteiger partial charge in [0.1, 0.15) is 17.3 Å². The lowest BCUT2D eigenvalue weighted by Gasteiger charge is -2.25. The minimum Gasteiger partial charge on any atom is -0.457 e. The lowest BCUT2D eigenvalue weighted by molar-refractivity contribution is -0.116. The fraction of sp³-hybridized carbons (Fsp3) is 0.407. The topological polar surface area (TPSA) is 67.6 Å². The van der Waals surface area contributed by atoms with Crippen molar-refractivity contribution < 1.29 is 14.1 Å². The third-order valence-electron chi connectivity index (χ3n) is 6.16. The monoisotopic (exact) mass is 447 g/mol. The highest BCUT2D eigenvalue weighted by molar-refractivity contribution is 5.91. The number of nitrogens with one attached hydrogen (secondary N) is 1. The van der Waals surface area contributed by atoms with E-state index < -0.39 is 0 Å². The van der Waals surface area contributed by atoms with Gasteiger partial charge in [0.25, 0.3) is 0 Å². The van der Waals surface area contributed by atoms with Crippen molar-refractivity contribution in [3.63, 3.8) is 0 Å². The predicted molar refractivity (Wildman–Crippen MR) is 131 cm³/mol. The van der Waals surface area contributed by atoms with E-state index in [-0.39, 0.29) is 5.91 Å². The zero-order valence-electron chi connectivity index (χ0n) is 20.0. The lowest BCUT2D eigenvalue weighted by atomic mass is 10.0. The van der Waals surface area contributed by atoms with E-state index in [1.807, 2.05) is 58.0 Å². The van der Waals surface area contributed by atoms with E-state index in [4.69, 9.17) is 9.26 Å². The average molecular weight is 448 g/mol. The molecule has 1 aliphatic rings. The summed E-state index contributed by atoms with van der Waals surface area (Å²) in [6.07, 6.45) is 4.30. The van der Waals surface area contributed by atoms with E-state index in [1.54, 1.807) is 0 Å². The van der Waals surface area contributed by atoms with E-state index in [0.29, 0.717) is 6.42 Å². The fourth-order valence-electron chi connectivity index (χ4n) is 4.48. The molecule has 2 aromatic carbocycles. The molecule has 3 aromatic rings. The molecule has 0 atom stereocenters. The SMILES string of the molecule is Cc1cc(Oc2ccc(NC(=O)CCN3CCCCC3)cc2C)cc(-c2c(C)noc2C)c1. The van der Waals surface area contributed by atoms with Crippen LogP contribution in [0.4, 0.5) is 5.69 Å². The van der Waals surface area contributed by atoms with E-state index in [9.17, 15) is 4.79 Å². The zero-order chi connectivity index (χ0) is 23.4. The second-order valence-electron chi connectivity index (χ2n) is 9.02. The molecule has 1 amide bonds. The van der Waals surface area contributed by atoms with Crippen molar-refractivity contribution in [2.75, 3.05) is 25.0 Å². The fourth-order valence-corrected chi connectivity index (χ4v) is 4.48. The smallest absolute Gasteiger partial charge is 0.225 e. The number of likely N-dealkylation sites (tertiary alicyclic amines) is 1. The van der Waals surface area contributed by atoms with Gasteiger partial charge in [-0.1, -0.05) is 17.6 Å². The molecule has 0 saturated carbocycles. The van der Waals surface area contributed by atoms with Gasteiger partial charge in [0.2, 0.25) is 5.91 Å². The molecular weight excluding hydrogens is 414 g/mol. The number of nitrogens with zero attached hydrogens (tertiary/aromatic N) is 2. The Hall–Kier alpha value is -3.12. The Kier molecular flexibility index (Phi) is 7.14. The first-order valence-electron chi connectivity index (χ1n) is 11.7. The molecule has 0 unspecified atom stereocenters. The van der Waals surface area contributed by atoms with Crippen molar-refractivity contribution in [2.45, 2.75) is 53.4 Å². The van der Waals surface area contributed by atoms with Crippen molar-refractivity contribution >= 4 is 11.6 Å². The van der Waals surface area contributed by atoms with Crippen LogP contribution < -0.4 is 10.1 Å². The first-order valence-corrected chi connectivity index (χ1v) is 11.7. The summed E-state index contributed by atoms with van der Waals surface area (Å²) in [6, 6.07) is 11.9. The van der Waals surface area contributed by atoms with E-state index in [1.165, 1.54) is 19.3 Å². The van der Waals surface area contributed by atoms with Gasteiger partial charge in [-0.3, -0.25) is 4.79 Å². The number of anilines is 1. The number of piperidine rings is 1. The number of benzene rings is 2. The molecule has 174 valence electrons. The largest absolute Gasteiger partial charge is 0.457 e. The van der Waals surface area contributed by atoms with Gasteiger partial charge in [-0.25, -0.2) is 0 Å². The number of carbonyl (C=O) groups is 1. The summed E-state index contributed by atoms with van der Waals surface area (Å²) >= 11 is 0. The van der Waals surface area contributed by atoms with Crippen LogP contribution in [0.15, 0.2) is 40.9 Å². The van der Waals surface area contributed by atoms with Crippen molar-refractivity contribution in [1.82, 2.24) is 10.1 Å². The highest BCUT2D eigenvalue weighted by Crippen LogP contribution is 2.34. The molecule has 33 heavy (non-hydrogen) atoms. The molecule has 1 fully saturated rings. The molecule has 4 rings (SSSR count). The maximum absolute atomic E-state index is 12.4. The molecule has 2 heterocycles. The Morgan fingerprint density at radius 3 is 2.55 bits per heavy atom. The molecule has 1 aromatic heterocycles. The van der Waals surface area contributed by atoms with Crippen LogP contribution in [0.2, 0.25) is 0 Å². The number of ether oxygens (including phenoxy) is 1. The molecule has 6 nitrogen and oxygen atoms in total. The third kappa shape index (κ3) is 5.82. The molecule has 0 aliphatic carbocycles. The minimum atomic E-state index is 0.0522. The summed E-state index contributed by atoms with van der Waals surface area (Å²) in [7, 11) is 0. The minimum absolute atomic E-state index is 0.0522. The van der Waals surface area contributed by atoms with E-state index in [0.717, 1.165) is 70.5 Å². The third-order valence-corrected chi connectivity index (χ3v) is 6.16. The summed E-state index contributed by atoms with van der Waals surface area (Å²) in [5, 5.41) is 7.09. The summed E-state index contributed by atoms with van der Waals surface area (Å²) in [4.78, 5) is 14.8. The Bertz CT molecular complexity index is 1110. The van der Waals surface area contributed by atoms with Gasteiger partial charge in [-0.15, -0.1) is 0 Å². The maximum Gasteiger partial charge on any atom is 0.225 e. The van der Waals surface area contributed by atoms with Gasteiger partial charge in [0, 0.05) is 24.2 Å². The number of aryl methyl sites for hydroxylation is 4. The van der Waals surface area contributed by atoms with Crippen LogP contribution >= 0.6 is 0 Å². The molecular formula is C27H33N3O3. The first-order chi connectivity index (χ1) is 15.9. The summed E-state index contributed by atoms with van der Waals surface area (Å²) in [5.41, 5.74) is 5.74. The maximum atomic E-state index is 12.4. The van der Waals surface area contributed by atoms with Gasteiger partial charge in [0.15, 0.2) is 0 Å². The molecule has 0 bridgehead atoms. The Balaban J connectivity index is 1.42. The van der Waals surface area contributed by atoms with Gasteiger partial charge in [-0.05, 0) is 101 Å². The van der Waals surface area contributed by atoms with Crippen molar-refractivity contribution in [1.29, 1.82) is 0 Å². The van der Waals surface area contributed by atoms with Crippen LogP contribution in [0, 0.1) is 27.7 Å².